The second kappa shape index (κ2) is 4.90. The molecule has 1 aromatic carbocycles. The molecule has 0 atom stereocenters. The van der Waals surface area contributed by atoms with Crippen molar-refractivity contribution in [3.8, 4) is 17.7 Å². The van der Waals surface area contributed by atoms with E-state index < -0.39 is 0 Å². The highest BCUT2D eigenvalue weighted by atomic mass is 35.5. The number of nitrogens with zero attached hydrogens (tertiary/aromatic N) is 3. The van der Waals surface area contributed by atoms with Gasteiger partial charge in [0, 0.05) is 5.02 Å². The Morgan fingerprint density at radius 1 is 1.44 bits per heavy atom. The third kappa shape index (κ3) is 2.50. The molecule has 0 aliphatic carbocycles. The first-order valence-electron chi connectivity index (χ1n) is 5.07. The second-order valence-electron chi connectivity index (χ2n) is 3.53. The first kappa shape index (κ1) is 12.1. The molecule has 0 aliphatic rings. The van der Waals surface area contributed by atoms with Crippen LogP contribution in [-0.4, -0.2) is 9.97 Å². The molecule has 5 nitrogen and oxygen atoms in total. The zero-order valence-corrected chi connectivity index (χ0v) is 10.3. The van der Waals surface area contributed by atoms with Gasteiger partial charge in [-0.1, -0.05) is 11.6 Å². The Morgan fingerprint density at radius 3 is 2.89 bits per heavy atom. The normalized spacial score (nSPS) is 9.83. The molecule has 0 fully saturated rings. The largest absolute Gasteiger partial charge is 0.435 e. The lowest BCUT2D eigenvalue weighted by Gasteiger charge is -2.09. The molecule has 1 aromatic heterocycles. The minimum Gasteiger partial charge on any atom is -0.435 e. The summed E-state index contributed by atoms with van der Waals surface area (Å²) >= 11 is 5.79. The summed E-state index contributed by atoms with van der Waals surface area (Å²) in [6.07, 6.45) is 1.41. The summed E-state index contributed by atoms with van der Waals surface area (Å²) in [5, 5.41) is 9.45. The van der Waals surface area contributed by atoms with Gasteiger partial charge in [0.1, 0.15) is 17.5 Å². The van der Waals surface area contributed by atoms with Crippen molar-refractivity contribution in [2.75, 3.05) is 5.73 Å². The fourth-order valence-corrected chi connectivity index (χ4v) is 1.50. The van der Waals surface area contributed by atoms with E-state index in [1.54, 1.807) is 25.1 Å². The molecule has 0 spiro atoms. The van der Waals surface area contributed by atoms with Crippen LogP contribution in [0.3, 0.4) is 0 Å². The van der Waals surface area contributed by atoms with Gasteiger partial charge in [0.05, 0.1) is 11.9 Å². The number of nitrogens with two attached hydrogens (primary N) is 1. The van der Waals surface area contributed by atoms with E-state index in [-0.39, 0.29) is 11.4 Å². The Kier molecular flexibility index (Phi) is 3.31. The molecule has 0 saturated heterocycles. The Hall–Kier alpha value is -2.32. The topological polar surface area (TPSA) is 84.8 Å². The zero-order chi connectivity index (χ0) is 13.1. The van der Waals surface area contributed by atoms with Gasteiger partial charge in [0.25, 0.3) is 0 Å². The number of nitrogen functional groups attached to an aromatic ring is 1. The van der Waals surface area contributed by atoms with Crippen LogP contribution in [-0.2, 0) is 0 Å². The maximum Gasteiger partial charge on any atom is 0.240 e. The smallest absolute Gasteiger partial charge is 0.240 e. The van der Waals surface area contributed by atoms with Crippen LogP contribution >= 0.6 is 11.6 Å². The number of ether oxygens (including phenoxy) is 1. The van der Waals surface area contributed by atoms with E-state index in [9.17, 15) is 0 Å². The Labute approximate surface area is 109 Å². The van der Waals surface area contributed by atoms with Crippen LogP contribution in [0.4, 0.5) is 5.69 Å². The average Bonchev–Trinajstić information content (AvgIpc) is 2.33. The highest BCUT2D eigenvalue weighted by Gasteiger charge is 2.10. The molecule has 2 N–H and O–H groups in total. The van der Waals surface area contributed by atoms with Crippen LogP contribution in [0.25, 0.3) is 0 Å². The van der Waals surface area contributed by atoms with E-state index in [0.717, 1.165) is 0 Å². The summed E-state index contributed by atoms with van der Waals surface area (Å²) in [7, 11) is 0. The number of anilines is 1. The van der Waals surface area contributed by atoms with Crippen LogP contribution < -0.4 is 10.5 Å². The molecule has 0 unspecified atom stereocenters. The molecule has 0 bridgehead atoms. The van der Waals surface area contributed by atoms with Crippen molar-refractivity contribution in [1.82, 2.24) is 9.97 Å². The van der Waals surface area contributed by atoms with Gasteiger partial charge in [-0.3, -0.25) is 0 Å². The number of rotatable bonds is 2. The SMILES string of the molecule is Cc1ncc(C#N)c(Oc2ccc(Cl)cc2N)n1. The fourth-order valence-electron chi connectivity index (χ4n) is 1.32. The van der Waals surface area contributed by atoms with E-state index >= 15 is 0 Å². The van der Waals surface area contributed by atoms with Crippen LogP contribution in [0.2, 0.25) is 5.02 Å². The van der Waals surface area contributed by atoms with Crippen molar-refractivity contribution in [3.63, 3.8) is 0 Å². The standard InChI is InChI=1S/C12H9ClN4O/c1-7-16-6-8(5-14)12(17-7)18-11-3-2-9(13)4-10(11)15/h2-4,6H,15H2,1H3. The van der Waals surface area contributed by atoms with Gasteiger partial charge in [0.15, 0.2) is 5.75 Å². The van der Waals surface area contributed by atoms with Crippen molar-refractivity contribution in [3.05, 3.63) is 40.8 Å². The molecule has 18 heavy (non-hydrogen) atoms. The minimum atomic E-state index is 0.180. The average molecular weight is 261 g/mol. The summed E-state index contributed by atoms with van der Waals surface area (Å²) < 4.78 is 5.51. The third-order valence-electron chi connectivity index (χ3n) is 2.17. The van der Waals surface area contributed by atoms with Gasteiger partial charge >= 0.3 is 0 Å². The molecule has 6 heteroatoms. The summed E-state index contributed by atoms with van der Waals surface area (Å²) in [5.74, 6) is 1.09. The molecule has 0 radical (unpaired) electrons. The molecule has 90 valence electrons. The lowest BCUT2D eigenvalue weighted by Crippen LogP contribution is -1.98. The Bertz CT molecular complexity index is 636. The number of hydrogen-bond donors (Lipinski definition) is 1. The molecular formula is C12H9ClN4O. The molecule has 2 aromatic rings. The number of benzene rings is 1. The predicted molar refractivity (Wildman–Crippen MR) is 67.4 cm³/mol. The first-order valence-corrected chi connectivity index (χ1v) is 5.44. The third-order valence-corrected chi connectivity index (χ3v) is 2.41. The summed E-state index contributed by atoms with van der Waals surface area (Å²) in [5.41, 5.74) is 6.39. The van der Waals surface area contributed by atoms with Gasteiger partial charge < -0.3 is 10.5 Å². The molecule has 0 aliphatic heterocycles. The van der Waals surface area contributed by atoms with Crippen LogP contribution in [0, 0.1) is 18.3 Å². The van der Waals surface area contributed by atoms with Crippen LogP contribution in [0.1, 0.15) is 11.4 Å². The molecule has 0 saturated carbocycles. The zero-order valence-electron chi connectivity index (χ0n) is 9.51. The quantitative estimate of drug-likeness (QED) is 0.839. The summed E-state index contributed by atoms with van der Waals surface area (Å²) in [4.78, 5) is 7.98. The molecule has 1 heterocycles. The van der Waals surface area contributed by atoms with E-state index in [1.807, 2.05) is 6.07 Å². The Morgan fingerprint density at radius 2 is 2.22 bits per heavy atom. The number of aryl methyl sites for hydroxylation is 1. The number of aromatic nitrogens is 2. The minimum absolute atomic E-state index is 0.180. The lowest BCUT2D eigenvalue weighted by atomic mass is 10.3. The second-order valence-corrected chi connectivity index (χ2v) is 3.97. The molecule has 0 amide bonds. The molecule has 2 rings (SSSR count). The molecular weight excluding hydrogens is 252 g/mol. The highest BCUT2D eigenvalue weighted by Crippen LogP contribution is 2.30. The summed E-state index contributed by atoms with van der Waals surface area (Å²) in [6, 6.07) is 6.79. The van der Waals surface area contributed by atoms with Crippen molar-refractivity contribution in [2.24, 2.45) is 0 Å². The number of nitriles is 1. The Balaban J connectivity index is 2.40. The van der Waals surface area contributed by atoms with Gasteiger partial charge in [-0.25, -0.2) is 4.98 Å². The van der Waals surface area contributed by atoms with Crippen molar-refractivity contribution in [1.29, 1.82) is 5.26 Å². The maximum atomic E-state index is 8.94. The van der Waals surface area contributed by atoms with Gasteiger partial charge in [-0.05, 0) is 25.1 Å². The number of halogens is 1. The highest BCUT2D eigenvalue weighted by molar-refractivity contribution is 6.30. The van der Waals surface area contributed by atoms with Crippen molar-refractivity contribution >= 4 is 17.3 Å². The van der Waals surface area contributed by atoms with E-state index in [0.29, 0.717) is 22.3 Å². The van der Waals surface area contributed by atoms with E-state index in [2.05, 4.69) is 9.97 Å². The maximum absolute atomic E-state index is 8.94. The number of hydrogen-bond acceptors (Lipinski definition) is 5. The van der Waals surface area contributed by atoms with E-state index in [4.69, 9.17) is 27.3 Å². The predicted octanol–water partition coefficient (Wildman–Crippen LogP) is 2.68. The lowest BCUT2D eigenvalue weighted by molar-refractivity contribution is 0.460. The van der Waals surface area contributed by atoms with Gasteiger partial charge in [-0.2, -0.15) is 10.2 Å². The van der Waals surface area contributed by atoms with Gasteiger partial charge in [0.2, 0.25) is 5.88 Å². The van der Waals surface area contributed by atoms with Gasteiger partial charge in [-0.15, -0.1) is 0 Å². The van der Waals surface area contributed by atoms with Crippen molar-refractivity contribution < 1.29 is 4.74 Å². The van der Waals surface area contributed by atoms with Crippen molar-refractivity contribution in [2.45, 2.75) is 6.92 Å². The summed E-state index contributed by atoms with van der Waals surface area (Å²) in [6.45, 7) is 1.71. The first-order chi connectivity index (χ1) is 8.60. The van der Waals surface area contributed by atoms with E-state index in [1.165, 1.54) is 6.20 Å². The fraction of sp³-hybridized carbons (Fsp3) is 0.0833. The monoisotopic (exact) mass is 260 g/mol. The van der Waals surface area contributed by atoms with Crippen LogP contribution in [0.5, 0.6) is 11.6 Å². The van der Waals surface area contributed by atoms with Crippen LogP contribution in [0.15, 0.2) is 24.4 Å².